The molecule has 0 fully saturated rings. The number of aromatic nitrogens is 3. The second-order valence-corrected chi connectivity index (χ2v) is 6.50. The minimum Gasteiger partial charge on any atom is -0.462 e. The Morgan fingerprint density at radius 2 is 2.12 bits per heavy atom. The van der Waals surface area contributed by atoms with E-state index in [-0.39, 0.29) is 12.5 Å². The van der Waals surface area contributed by atoms with Crippen LogP contribution in [0.3, 0.4) is 0 Å². The van der Waals surface area contributed by atoms with Gasteiger partial charge in [-0.3, -0.25) is 4.79 Å². The van der Waals surface area contributed by atoms with Gasteiger partial charge in [0.1, 0.15) is 5.56 Å². The molecule has 4 aromatic rings. The Morgan fingerprint density at radius 1 is 1.27 bits per heavy atom. The molecular weight excluding hydrogens is 352 g/mol. The number of esters is 1. The molecule has 3 heterocycles. The van der Waals surface area contributed by atoms with E-state index in [1.54, 1.807) is 29.8 Å². The van der Waals surface area contributed by atoms with Gasteiger partial charge in [-0.2, -0.15) is 5.10 Å². The molecule has 7 nitrogen and oxygen atoms in total. The summed E-state index contributed by atoms with van der Waals surface area (Å²) in [5.74, 6) is -0.745. The van der Waals surface area contributed by atoms with Gasteiger partial charge in [-0.25, -0.2) is 14.3 Å². The lowest BCUT2D eigenvalue weighted by molar-refractivity contribution is 0.0528. The Kier molecular flexibility index (Phi) is 4.10. The van der Waals surface area contributed by atoms with E-state index in [1.165, 1.54) is 17.5 Å². The lowest BCUT2D eigenvalue weighted by Crippen LogP contribution is -2.12. The van der Waals surface area contributed by atoms with Crippen LogP contribution < -0.4 is 5.32 Å². The van der Waals surface area contributed by atoms with E-state index in [0.29, 0.717) is 21.8 Å². The molecule has 0 radical (unpaired) electrons. The van der Waals surface area contributed by atoms with Gasteiger partial charge in [0.15, 0.2) is 5.01 Å². The van der Waals surface area contributed by atoms with Gasteiger partial charge < -0.3 is 10.1 Å². The summed E-state index contributed by atoms with van der Waals surface area (Å²) in [6.45, 7) is 2.03. The quantitative estimate of drug-likeness (QED) is 0.560. The highest BCUT2D eigenvalue weighted by molar-refractivity contribution is 7.20. The largest absolute Gasteiger partial charge is 0.462 e. The molecule has 0 saturated carbocycles. The zero-order chi connectivity index (χ0) is 18.1. The van der Waals surface area contributed by atoms with Crippen LogP contribution in [0.4, 0.5) is 5.69 Å². The minimum atomic E-state index is -0.447. The maximum atomic E-state index is 12.5. The Bertz CT molecular complexity index is 1100. The number of thiazole rings is 1. The first-order chi connectivity index (χ1) is 12.7. The molecule has 0 aliphatic heterocycles. The third-order valence-electron chi connectivity index (χ3n) is 3.76. The molecule has 1 aromatic carbocycles. The third kappa shape index (κ3) is 2.91. The van der Waals surface area contributed by atoms with Gasteiger partial charge in [-0.05, 0) is 31.2 Å². The van der Waals surface area contributed by atoms with Crippen LogP contribution in [0.5, 0.6) is 0 Å². The first kappa shape index (κ1) is 16.2. The van der Waals surface area contributed by atoms with E-state index in [2.05, 4.69) is 15.4 Å². The molecule has 1 N–H and O–H groups in total. The summed E-state index contributed by atoms with van der Waals surface area (Å²) in [7, 11) is 0. The molecule has 3 aromatic heterocycles. The number of carbonyl (C=O) groups excluding carboxylic acids is 2. The molecule has 1 amide bonds. The van der Waals surface area contributed by atoms with Gasteiger partial charge in [0.05, 0.1) is 28.5 Å². The van der Waals surface area contributed by atoms with Crippen molar-refractivity contribution in [3.05, 3.63) is 59.4 Å². The number of nitrogens with one attached hydrogen (secondary N) is 1. The Morgan fingerprint density at radius 3 is 2.92 bits per heavy atom. The van der Waals surface area contributed by atoms with Crippen molar-refractivity contribution in [3.63, 3.8) is 0 Å². The molecule has 0 saturated heterocycles. The fourth-order valence-electron chi connectivity index (χ4n) is 2.58. The van der Waals surface area contributed by atoms with Gasteiger partial charge in [-0.15, -0.1) is 11.3 Å². The summed E-state index contributed by atoms with van der Waals surface area (Å²) in [6, 6.07) is 11.0. The number of carbonyl (C=O) groups is 2. The molecule has 4 rings (SSSR count). The Balaban J connectivity index is 1.63. The first-order valence-electron chi connectivity index (χ1n) is 7.97. The second-order valence-electron chi connectivity index (χ2n) is 5.46. The summed E-state index contributed by atoms with van der Waals surface area (Å²) in [4.78, 5) is 28.9. The normalized spacial score (nSPS) is 11.0. The lowest BCUT2D eigenvalue weighted by Gasteiger charge is -2.05. The molecule has 8 heteroatoms. The number of benzene rings is 1. The fourth-order valence-corrected chi connectivity index (χ4v) is 3.44. The van der Waals surface area contributed by atoms with Gasteiger partial charge >= 0.3 is 5.97 Å². The van der Waals surface area contributed by atoms with E-state index >= 15 is 0 Å². The molecule has 0 aliphatic carbocycles. The van der Waals surface area contributed by atoms with Crippen molar-refractivity contribution in [2.24, 2.45) is 0 Å². The summed E-state index contributed by atoms with van der Waals surface area (Å²) in [5, 5.41) is 7.32. The van der Waals surface area contributed by atoms with E-state index < -0.39 is 5.97 Å². The number of nitrogens with zero attached hydrogens (tertiary/aromatic N) is 3. The zero-order valence-electron chi connectivity index (χ0n) is 13.8. The van der Waals surface area contributed by atoms with Crippen LogP contribution in [-0.2, 0) is 4.74 Å². The fraction of sp³-hybridized carbons (Fsp3) is 0.111. The van der Waals surface area contributed by atoms with E-state index in [4.69, 9.17) is 4.74 Å². The minimum absolute atomic E-state index is 0.282. The second kappa shape index (κ2) is 6.57. The number of hydrogen-bond acceptors (Lipinski definition) is 6. The molecule has 0 spiro atoms. The highest BCUT2D eigenvalue weighted by Gasteiger charge is 2.16. The summed E-state index contributed by atoms with van der Waals surface area (Å²) >= 11 is 1.33. The molecule has 0 bridgehead atoms. The van der Waals surface area contributed by atoms with Crippen molar-refractivity contribution in [2.75, 3.05) is 11.9 Å². The van der Waals surface area contributed by atoms with Crippen LogP contribution in [0.2, 0.25) is 0 Å². The van der Waals surface area contributed by atoms with E-state index in [0.717, 1.165) is 10.2 Å². The van der Waals surface area contributed by atoms with Crippen molar-refractivity contribution in [1.82, 2.24) is 14.6 Å². The van der Waals surface area contributed by atoms with Crippen LogP contribution in [-0.4, -0.2) is 33.1 Å². The number of fused-ring (bicyclic) bond motifs is 2. The van der Waals surface area contributed by atoms with Crippen molar-refractivity contribution in [2.45, 2.75) is 6.92 Å². The van der Waals surface area contributed by atoms with Gasteiger partial charge in [0.2, 0.25) is 0 Å². The van der Waals surface area contributed by atoms with E-state index in [1.807, 2.05) is 24.3 Å². The molecule has 0 unspecified atom stereocenters. The maximum absolute atomic E-state index is 12.5. The molecule has 0 atom stereocenters. The Hall–Kier alpha value is -3.26. The topological polar surface area (TPSA) is 85.6 Å². The Labute approximate surface area is 152 Å². The molecule has 130 valence electrons. The van der Waals surface area contributed by atoms with Crippen LogP contribution in [0.15, 0.2) is 48.8 Å². The van der Waals surface area contributed by atoms with Crippen molar-refractivity contribution in [3.8, 4) is 0 Å². The molecule has 0 aliphatic rings. The third-order valence-corrected chi connectivity index (χ3v) is 4.80. The molecular formula is C18H14N4O3S. The maximum Gasteiger partial charge on any atom is 0.341 e. The SMILES string of the molecule is CCOC(=O)c1cnn2ccc(NC(=O)c3nc4ccccc4s3)cc12. The number of ether oxygens (including phenoxy) is 1. The number of pyridine rings is 1. The lowest BCUT2D eigenvalue weighted by atomic mass is 10.2. The number of hydrogen-bond donors (Lipinski definition) is 1. The van der Waals surface area contributed by atoms with Crippen LogP contribution in [0, 0.1) is 0 Å². The average molecular weight is 366 g/mol. The smallest absolute Gasteiger partial charge is 0.341 e. The summed E-state index contributed by atoms with van der Waals surface area (Å²) in [6.07, 6.45) is 3.12. The average Bonchev–Trinajstić information content (AvgIpc) is 3.25. The van der Waals surface area contributed by atoms with Crippen molar-refractivity contribution >= 4 is 44.6 Å². The highest BCUT2D eigenvalue weighted by Crippen LogP contribution is 2.23. The zero-order valence-corrected chi connectivity index (χ0v) is 14.6. The van der Waals surface area contributed by atoms with E-state index in [9.17, 15) is 9.59 Å². The first-order valence-corrected chi connectivity index (χ1v) is 8.79. The number of para-hydroxylation sites is 1. The highest BCUT2D eigenvalue weighted by atomic mass is 32.1. The van der Waals surface area contributed by atoms with Gasteiger partial charge in [0.25, 0.3) is 5.91 Å². The summed E-state index contributed by atoms with van der Waals surface area (Å²) < 4.78 is 7.54. The number of anilines is 1. The van der Waals surface area contributed by atoms with Crippen molar-refractivity contribution in [1.29, 1.82) is 0 Å². The van der Waals surface area contributed by atoms with Gasteiger partial charge in [0, 0.05) is 11.9 Å². The standard InChI is InChI=1S/C18H14N4O3S/c1-2-25-18(24)12-10-19-22-8-7-11(9-14(12)22)20-16(23)17-21-13-5-3-4-6-15(13)26-17/h3-10H,2H2,1H3,(H,20,23). The van der Waals surface area contributed by atoms with Crippen LogP contribution >= 0.6 is 11.3 Å². The predicted molar refractivity (Wildman–Crippen MR) is 98.7 cm³/mol. The van der Waals surface area contributed by atoms with Gasteiger partial charge in [-0.1, -0.05) is 12.1 Å². The number of amides is 1. The predicted octanol–water partition coefficient (Wildman–Crippen LogP) is 3.37. The van der Waals surface area contributed by atoms with Crippen molar-refractivity contribution < 1.29 is 14.3 Å². The number of rotatable bonds is 4. The monoisotopic (exact) mass is 366 g/mol. The summed E-state index contributed by atoms with van der Waals surface area (Å²) in [5.41, 5.74) is 2.25. The van der Waals surface area contributed by atoms with Crippen LogP contribution in [0.25, 0.3) is 15.7 Å². The molecule has 26 heavy (non-hydrogen) atoms. The van der Waals surface area contributed by atoms with Crippen LogP contribution in [0.1, 0.15) is 27.1 Å².